The SMILES string of the molecule is CN(Cc1c(Br)cnn1C)C(=O)c1ccnn1CCC(=O)O. The zero-order valence-electron chi connectivity index (χ0n) is 12.2. The third-order valence-electron chi connectivity index (χ3n) is 3.22. The summed E-state index contributed by atoms with van der Waals surface area (Å²) in [5.41, 5.74) is 1.23. The van der Waals surface area contributed by atoms with Gasteiger partial charge in [-0.05, 0) is 22.0 Å². The molecule has 0 spiro atoms. The molecular formula is C13H16BrN5O3. The highest BCUT2D eigenvalue weighted by molar-refractivity contribution is 9.10. The molecule has 0 saturated carbocycles. The third kappa shape index (κ3) is 3.53. The summed E-state index contributed by atoms with van der Waals surface area (Å²) in [6.07, 6.45) is 3.08. The van der Waals surface area contributed by atoms with Crippen LogP contribution in [0.25, 0.3) is 0 Å². The van der Waals surface area contributed by atoms with Crippen LogP contribution in [0.1, 0.15) is 22.6 Å². The molecule has 0 radical (unpaired) electrons. The zero-order chi connectivity index (χ0) is 16.3. The smallest absolute Gasteiger partial charge is 0.305 e. The lowest BCUT2D eigenvalue weighted by atomic mass is 10.3. The summed E-state index contributed by atoms with van der Waals surface area (Å²) in [6.45, 7) is 0.534. The minimum atomic E-state index is -0.930. The van der Waals surface area contributed by atoms with E-state index in [1.54, 1.807) is 31.0 Å². The molecule has 8 nitrogen and oxygen atoms in total. The summed E-state index contributed by atoms with van der Waals surface area (Å²) < 4.78 is 3.93. The van der Waals surface area contributed by atoms with Crippen LogP contribution in [-0.4, -0.2) is 48.5 Å². The average Bonchev–Trinajstić information content (AvgIpc) is 3.05. The van der Waals surface area contributed by atoms with E-state index in [0.717, 1.165) is 10.2 Å². The molecule has 0 aromatic carbocycles. The van der Waals surface area contributed by atoms with E-state index in [2.05, 4.69) is 26.1 Å². The molecule has 9 heteroatoms. The highest BCUT2D eigenvalue weighted by atomic mass is 79.9. The molecule has 0 aliphatic carbocycles. The van der Waals surface area contributed by atoms with E-state index in [-0.39, 0.29) is 18.9 Å². The standard InChI is InChI=1S/C13H16BrN5O3/c1-17(8-11-9(14)7-16-18(11)2)13(22)10-3-5-15-19(10)6-4-12(20)21/h3,5,7H,4,6,8H2,1-2H3,(H,20,21). The second kappa shape index (κ2) is 6.73. The van der Waals surface area contributed by atoms with Crippen molar-refractivity contribution < 1.29 is 14.7 Å². The summed E-state index contributed by atoms with van der Waals surface area (Å²) >= 11 is 3.39. The number of aliphatic carboxylic acids is 1. The molecule has 1 amide bonds. The lowest BCUT2D eigenvalue weighted by molar-refractivity contribution is -0.137. The maximum absolute atomic E-state index is 12.5. The van der Waals surface area contributed by atoms with Crippen LogP contribution in [0.5, 0.6) is 0 Å². The normalized spacial score (nSPS) is 10.7. The lowest BCUT2D eigenvalue weighted by Crippen LogP contribution is -2.29. The first-order valence-electron chi connectivity index (χ1n) is 6.55. The van der Waals surface area contributed by atoms with Crippen molar-refractivity contribution >= 4 is 27.8 Å². The largest absolute Gasteiger partial charge is 0.481 e. The van der Waals surface area contributed by atoms with Gasteiger partial charge >= 0.3 is 5.97 Å². The first-order valence-corrected chi connectivity index (χ1v) is 7.35. The van der Waals surface area contributed by atoms with Gasteiger partial charge in [-0.25, -0.2) is 0 Å². The van der Waals surface area contributed by atoms with Crippen molar-refractivity contribution in [1.82, 2.24) is 24.5 Å². The van der Waals surface area contributed by atoms with Gasteiger partial charge in [0.2, 0.25) is 0 Å². The molecule has 22 heavy (non-hydrogen) atoms. The minimum absolute atomic E-state index is 0.0844. The second-order valence-corrected chi connectivity index (χ2v) is 5.66. The topological polar surface area (TPSA) is 93.3 Å². The van der Waals surface area contributed by atoms with Crippen molar-refractivity contribution in [3.05, 3.63) is 34.3 Å². The van der Waals surface area contributed by atoms with Crippen molar-refractivity contribution in [2.24, 2.45) is 7.05 Å². The molecule has 0 fully saturated rings. The van der Waals surface area contributed by atoms with E-state index in [4.69, 9.17) is 5.11 Å². The first kappa shape index (κ1) is 16.2. The van der Waals surface area contributed by atoms with E-state index < -0.39 is 5.97 Å². The van der Waals surface area contributed by atoms with Gasteiger partial charge in [-0.15, -0.1) is 0 Å². The molecule has 0 unspecified atom stereocenters. The maximum Gasteiger partial charge on any atom is 0.305 e. The zero-order valence-corrected chi connectivity index (χ0v) is 13.8. The van der Waals surface area contributed by atoms with E-state index >= 15 is 0 Å². The van der Waals surface area contributed by atoms with Gasteiger partial charge in [0.1, 0.15) is 5.69 Å². The number of hydrogen-bond acceptors (Lipinski definition) is 4. The first-order chi connectivity index (χ1) is 10.4. The Kier molecular flexibility index (Phi) is 4.96. The van der Waals surface area contributed by atoms with E-state index in [1.165, 1.54) is 15.8 Å². The van der Waals surface area contributed by atoms with Gasteiger partial charge in [0.15, 0.2) is 0 Å². The van der Waals surface area contributed by atoms with Crippen LogP contribution < -0.4 is 0 Å². The van der Waals surface area contributed by atoms with Crippen LogP contribution in [0.3, 0.4) is 0 Å². The summed E-state index contributed by atoms with van der Waals surface area (Å²) in [5, 5.41) is 16.8. The predicted octanol–water partition coefficient (Wildman–Crippen LogP) is 1.13. The maximum atomic E-state index is 12.5. The fourth-order valence-electron chi connectivity index (χ4n) is 2.00. The number of carboxylic acids is 1. The highest BCUT2D eigenvalue weighted by Gasteiger charge is 2.19. The van der Waals surface area contributed by atoms with Gasteiger partial charge < -0.3 is 10.0 Å². The Hall–Kier alpha value is -2.16. The van der Waals surface area contributed by atoms with Gasteiger partial charge in [-0.3, -0.25) is 19.0 Å². The molecule has 118 valence electrons. The molecule has 0 atom stereocenters. The van der Waals surface area contributed by atoms with Crippen LogP contribution in [0.2, 0.25) is 0 Å². The summed E-state index contributed by atoms with van der Waals surface area (Å²) in [6, 6.07) is 1.58. The van der Waals surface area contributed by atoms with Gasteiger partial charge in [0.05, 0.1) is 35.9 Å². The van der Waals surface area contributed by atoms with Crippen molar-refractivity contribution in [2.75, 3.05) is 7.05 Å². The number of nitrogens with zero attached hydrogens (tertiary/aromatic N) is 5. The van der Waals surface area contributed by atoms with Crippen molar-refractivity contribution in [2.45, 2.75) is 19.5 Å². The van der Waals surface area contributed by atoms with Crippen LogP contribution in [0, 0.1) is 0 Å². The Bertz CT molecular complexity index is 674. The quantitative estimate of drug-likeness (QED) is 0.823. The predicted molar refractivity (Wildman–Crippen MR) is 81.2 cm³/mol. The fourth-order valence-corrected chi connectivity index (χ4v) is 2.47. The molecular weight excluding hydrogens is 354 g/mol. The van der Waals surface area contributed by atoms with Crippen molar-refractivity contribution in [1.29, 1.82) is 0 Å². The van der Waals surface area contributed by atoms with Crippen molar-refractivity contribution in [3.63, 3.8) is 0 Å². The number of hydrogen-bond donors (Lipinski definition) is 1. The second-order valence-electron chi connectivity index (χ2n) is 4.81. The molecule has 2 heterocycles. The Morgan fingerprint density at radius 1 is 1.41 bits per heavy atom. The molecule has 0 saturated heterocycles. The number of aryl methyl sites for hydroxylation is 2. The number of carbonyl (C=O) groups excluding carboxylic acids is 1. The molecule has 1 N–H and O–H groups in total. The summed E-state index contributed by atoms with van der Waals surface area (Å²) in [7, 11) is 3.48. The van der Waals surface area contributed by atoms with Gasteiger partial charge in [0, 0.05) is 20.3 Å². The fraction of sp³-hybridized carbons (Fsp3) is 0.385. The van der Waals surface area contributed by atoms with E-state index in [9.17, 15) is 9.59 Å². The Morgan fingerprint density at radius 3 is 2.73 bits per heavy atom. The van der Waals surface area contributed by atoms with Gasteiger partial charge in [0.25, 0.3) is 5.91 Å². The number of carboxylic acid groups (broad SMARTS) is 1. The minimum Gasteiger partial charge on any atom is -0.481 e. The van der Waals surface area contributed by atoms with Crippen LogP contribution in [0.4, 0.5) is 0 Å². The molecule has 0 aliphatic heterocycles. The molecule has 2 rings (SSSR count). The third-order valence-corrected chi connectivity index (χ3v) is 3.88. The van der Waals surface area contributed by atoms with Crippen molar-refractivity contribution in [3.8, 4) is 0 Å². The summed E-state index contributed by atoms with van der Waals surface area (Å²) in [4.78, 5) is 24.7. The Morgan fingerprint density at radius 2 is 2.14 bits per heavy atom. The number of rotatable bonds is 6. The monoisotopic (exact) mass is 369 g/mol. The van der Waals surface area contributed by atoms with Crippen LogP contribution in [-0.2, 0) is 24.9 Å². The summed E-state index contributed by atoms with van der Waals surface area (Å²) in [5.74, 6) is -1.16. The van der Waals surface area contributed by atoms with E-state index in [0.29, 0.717) is 12.2 Å². The molecule has 0 aliphatic rings. The Labute approximate surface area is 135 Å². The van der Waals surface area contributed by atoms with Gasteiger partial charge in [-0.2, -0.15) is 10.2 Å². The molecule has 0 bridgehead atoms. The number of carbonyl (C=O) groups is 2. The highest BCUT2D eigenvalue weighted by Crippen LogP contribution is 2.17. The average molecular weight is 370 g/mol. The number of amides is 1. The Balaban J connectivity index is 2.11. The lowest BCUT2D eigenvalue weighted by Gasteiger charge is -2.18. The van der Waals surface area contributed by atoms with Crippen LogP contribution >= 0.6 is 15.9 Å². The van der Waals surface area contributed by atoms with Crippen LogP contribution in [0.15, 0.2) is 22.9 Å². The number of aromatic nitrogens is 4. The molecule has 2 aromatic rings. The van der Waals surface area contributed by atoms with E-state index in [1.807, 2.05) is 0 Å². The number of halogens is 1. The van der Waals surface area contributed by atoms with Gasteiger partial charge in [-0.1, -0.05) is 0 Å². The molecule has 2 aromatic heterocycles.